The van der Waals surface area contributed by atoms with Gasteiger partial charge in [-0.15, -0.1) is 0 Å². The number of alkyl halides is 4. The smallest absolute Gasteiger partial charge is 0.390 e. The van der Waals surface area contributed by atoms with Crippen LogP contribution in [0.2, 0.25) is 0 Å². The summed E-state index contributed by atoms with van der Waals surface area (Å²) in [4.78, 5) is -0.830. The van der Waals surface area contributed by atoms with Crippen LogP contribution in [-0.4, -0.2) is 20.4 Å². The number of hydrogen-bond donors (Lipinski definition) is 0. The number of methoxy groups -OCH3 is 2. The third-order valence-corrected chi connectivity index (χ3v) is 3.01. The van der Waals surface area contributed by atoms with Gasteiger partial charge in [0.2, 0.25) is 0 Å². The van der Waals surface area contributed by atoms with E-state index in [1.165, 1.54) is 14.2 Å². The summed E-state index contributed by atoms with van der Waals surface area (Å²) < 4.78 is 46.9. The SMILES string of the molecule is COc1ccc(C(Br)CC(F)(F)F)c(OC)c1. The number of benzene rings is 1. The maximum absolute atomic E-state index is 12.3. The van der Waals surface area contributed by atoms with Crippen molar-refractivity contribution in [2.45, 2.75) is 17.4 Å². The molecule has 17 heavy (non-hydrogen) atoms. The second-order valence-corrected chi connectivity index (χ2v) is 4.50. The summed E-state index contributed by atoms with van der Waals surface area (Å²) in [5.41, 5.74) is 0.450. The Labute approximate surface area is 106 Å². The molecule has 0 aliphatic carbocycles. The Morgan fingerprint density at radius 1 is 1.24 bits per heavy atom. The first kappa shape index (κ1) is 14.2. The first-order chi connectivity index (χ1) is 7.87. The van der Waals surface area contributed by atoms with Crippen LogP contribution in [0.15, 0.2) is 18.2 Å². The fraction of sp³-hybridized carbons (Fsp3) is 0.455. The Morgan fingerprint density at radius 2 is 1.88 bits per heavy atom. The van der Waals surface area contributed by atoms with E-state index in [9.17, 15) is 13.2 Å². The lowest BCUT2D eigenvalue weighted by molar-refractivity contribution is -0.134. The zero-order chi connectivity index (χ0) is 13.1. The Morgan fingerprint density at radius 3 is 2.35 bits per heavy atom. The lowest BCUT2D eigenvalue weighted by atomic mass is 10.1. The van der Waals surface area contributed by atoms with Crippen LogP contribution in [0, 0.1) is 0 Å². The third-order valence-electron chi connectivity index (χ3n) is 2.19. The molecule has 0 radical (unpaired) electrons. The van der Waals surface area contributed by atoms with Crippen molar-refractivity contribution in [1.29, 1.82) is 0 Å². The topological polar surface area (TPSA) is 18.5 Å². The van der Waals surface area contributed by atoms with Gasteiger partial charge in [0.05, 0.1) is 25.5 Å². The molecule has 0 aromatic heterocycles. The average Bonchev–Trinajstić information content (AvgIpc) is 2.25. The third kappa shape index (κ3) is 4.11. The van der Waals surface area contributed by atoms with Crippen molar-refractivity contribution < 1.29 is 22.6 Å². The summed E-state index contributed by atoms with van der Waals surface area (Å²) in [5, 5.41) is 0. The lowest BCUT2D eigenvalue weighted by Crippen LogP contribution is -2.11. The van der Waals surface area contributed by atoms with E-state index in [1.807, 2.05) is 0 Å². The Hall–Kier alpha value is -0.910. The summed E-state index contributed by atoms with van der Waals surface area (Å²) >= 11 is 3.02. The maximum Gasteiger partial charge on any atom is 0.390 e. The van der Waals surface area contributed by atoms with Crippen LogP contribution in [0.3, 0.4) is 0 Å². The van der Waals surface area contributed by atoms with Crippen LogP contribution < -0.4 is 9.47 Å². The first-order valence-corrected chi connectivity index (χ1v) is 5.71. The molecule has 0 N–H and O–H groups in total. The molecule has 0 saturated heterocycles. The molecule has 0 aliphatic rings. The normalized spacial score (nSPS) is 13.3. The van der Waals surface area contributed by atoms with Crippen LogP contribution in [0.4, 0.5) is 13.2 Å². The predicted octanol–water partition coefficient (Wildman–Crippen LogP) is 4.09. The predicted molar refractivity (Wildman–Crippen MR) is 61.9 cm³/mol. The highest BCUT2D eigenvalue weighted by Gasteiger charge is 2.32. The van der Waals surface area contributed by atoms with Gasteiger partial charge >= 0.3 is 6.18 Å². The van der Waals surface area contributed by atoms with Crippen molar-refractivity contribution in [2.24, 2.45) is 0 Å². The standard InChI is InChI=1S/C11H12BrF3O2/c1-16-7-3-4-8(10(5-7)17-2)9(12)6-11(13,14)15/h3-5,9H,6H2,1-2H3. The molecule has 0 spiro atoms. The molecule has 1 aromatic carbocycles. The van der Waals surface area contributed by atoms with Crippen LogP contribution in [0.5, 0.6) is 11.5 Å². The molecule has 0 fully saturated rings. The molecule has 0 amide bonds. The molecule has 0 heterocycles. The van der Waals surface area contributed by atoms with Gasteiger partial charge in [0, 0.05) is 11.6 Å². The molecule has 0 aliphatic heterocycles. The van der Waals surface area contributed by atoms with Crippen LogP contribution >= 0.6 is 15.9 Å². The molecule has 1 unspecified atom stereocenters. The number of halogens is 4. The fourth-order valence-electron chi connectivity index (χ4n) is 1.39. The van der Waals surface area contributed by atoms with Gasteiger partial charge in [-0.3, -0.25) is 0 Å². The highest BCUT2D eigenvalue weighted by Crippen LogP contribution is 2.40. The van der Waals surface area contributed by atoms with Gasteiger partial charge in [0.15, 0.2) is 0 Å². The average molecular weight is 313 g/mol. The first-order valence-electron chi connectivity index (χ1n) is 4.80. The molecular formula is C11H12BrF3O2. The van der Waals surface area contributed by atoms with E-state index in [4.69, 9.17) is 9.47 Å². The number of rotatable bonds is 4. The summed E-state index contributed by atoms with van der Waals surface area (Å²) in [7, 11) is 2.89. The molecule has 1 atom stereocenters. The highest BCUT2D eigenvalue weighted by atomic mass is 79.9. The second-order valence-electron chi connectivity index (χ2n) is 3.39. The monoisotopic (exact) mass is 312 g/mol. The summed E-state index contributed by atoms with van der Waals surface area (Å²) in [6.07, 6.45) is -5.17. The van der Waals surface area contributed by atoms with Crippen molar-refractivity contribution in [1.82, 2.24) is 0 Å². The Balaban J connectivity index is 2.96. The minimum atomic E-state index is -4.22. The molecular weight excluding hydrogens is 301 g/mol. The van der Waals surface area contributed by atoms with Crippen LogP contribution in [-0.2, 0) is 0 Å². The Kier molecular flexibility index (Phi) is 4.68. The van der Waals surface area contributed by atoms with Crippen molar-refractivity contribution in [3.8, 4) is 11.5 Å². The molecule has 6 heteroatoms. The van der Waals surface area contributed by atoms with E-state index in [0.29, 0.717) is 17.1 Å². The zero-order valence-electron chi connectivity index (χ0n) is 9.34. The minimum absolute atomic E-state index is 0.371. The van der Waals surface area contributed by atoms with Crippen LogP contribution in [0.1, 0.15) is 16.8 Å². The van der Waals surface area contributed by atoms with Crippen molar-refractivity contribution in [2.75, 3.05) is 14.2 Å². The summed E-state index contributed by atoms with van der Waals surface area (Å²) in [6.45, 7) is 0. The lowest BCUT2D eigenvalue weighted by Gasteiger charge is -2.16. The summed E-state index contributed by atoms with van der Waals surface area (Å²) in [6, 6.07) is 4.71. The minimum Gasteiger partial charge on any atom is -0.497 e. The molecule has 1 rings (SSSR count). The van der Waals surface area contributed by atoms with E-state index in [1.54, 1.807) is 18.2 Å². The molecule has 1 aromatic rings. The molecule has 2 nitrogen and oxygen atoms in total. The van der Waals surface area contributed by atoms with Gasteiger partial charge in [0.25, 0.3) is 0 Å². The van der Waals surface area contributed by atoms with E-state index in [2.05, 4.69) is 15.9 Å². The van der Waals surface area contributed by atoms with E-state index in [0.717, 1.165) is 0 Å². The van der Waals surface area contributed by atoms with Crippen molar-refractivity contribution >= 4 is 15.9 Å². The number of ether oxygens (including phenoxy) is 2. The molecule has 0 bridgehead atoms. The van der Waals surface area contributed by atoms with E-state index < -0.39 is 17.4 Å². The van der Waals surface area contributed by atoms with Crippen molar-refractivity contribution in [3.05, 3.63) is 23.8 Å². The Bertz CT molecular complexity index is 379. The quantitative estimate of drug-likeness (QED) is 0.780. The van der Waals surface area contributed by atoms with Crippen LogP contribution in [0.25, 0.3) is 0 Å². The van der Waals surface area contributed by atoms with Gasteiger partial charge < -0.3 is 9.47 Å². The number of hydrogen-bond acceptors (Lipinski definition) is 2. The van der Waals surface area contributed by atoms with Gasteiger partial charge in [-0.25, -0.2) is 0 Å². The molecule has 0 saturated carbocycles. The highest BCUT2D eigenvalue weighted by molar-refractivity contribution is 9.09. The fourth-order valence-corrected chi connectivity index (χ4v) is 2.14. The van der Waals surface area contributed by atoms with E-state index >= 15 is 0 Å². The van der Waals surface area contributed by atoms with Crippen molar-refractivity contribution in [3.63, 3.8) is 0 Å². The zero-order valence-corrected chi connectivity index (χ0v) is 10.9. The summed E-state index contributed by atoms with van der Waals surface area (Å²) in [5.74, 6) is 0.910. The van der Waals surface area contributed by atoms with Gasteiger partial charge in [-0.05, 0) is 6.07 Å². The molecule has 96 valence electrons. The second kappa shape index (κ2) is 5.62. The van der Waals surface area contributed by atoms with Gasteiger partial charge in [-0.2, -0.15) is 13.2 Å². The van der Waals surface area contributed by atoms with E-state index in [-0.39, 0.29) is 0 Å². The van der Waals surface area contributed by atoms with Gasteiger partial charge in [-0.1, -0.05) is 22.0 Å². The maximum atomic E-state index is 12.3. The van der Waals surface area contributed by atoms with Gasteiger partial charge in [0.1, 0.15) is 11.5 Å². The largest absolute Gasteiger partial charge is 0.497 e.